The molecule has 1 N–H and O–H groups in total. The van der Waals surface area contributed by atoms with Crippen molar-refractivity contribution in [3.8, 4) is 11.3 Å². The van der Waals surface area contributed by atoms with Crippen LogP contribution in [0.2, 0.25) is 0 Å². The molecule has 1 aromatic carbocycles. The minimum Gasteiger partial charge on any atom is -0.359 e. The lowest BCUT2D eigenvalue weighted by atomic mass is 9.96. The number of nitrogens with one attached hydrogen (secondary N) is 1. The van der Waals surface area contributed by atoms with Gasteiger partial charge in [0.2, 0.25) is 0 Å². The van der Waals surface area contributed by atoms with Gasteiger partial charge in [0.05, 0.1) is 6.54 Å². The quantitative estimate of drug-likeness (QED) is 0.563. The zero-order valence-electron chi connectivity index (χ0n) is 16.3. The summed E-state index contributed by atoms with van der Waals surface area (Å²) in [6.07, 6.45) is 5.90. The molecule has 0 unspecified atom stereocenters. The molecule has 4 heterocycles. The van der Waals surface area contributed by atoms with Crippen LogP contribution in [0.3, 0.4) is 0 Å². The van der Waals surface area contributed by atoms with Gasteiger partial charge in [0.15, 0.2) is 5.76 Å². The third kappa shape index (κ3) is 3.76. The van der Waals surface area contributed by atoms with Gasteiger partial charge in [-0.05, 0) is 44.0 Å². The molecule has 5 rings (SSSR count). The van der Waals surface area contributed by atoms with E-state index in [0.717, 1.165) is 61.4 Å². The molecule has 1 aliphatic rings. The van der Waals surface area contributed by atoms with Gasteiger partial charge in [-0.25, -0.2) is 0 Å². The molecule has 3 aromatic heterocycles. The summed E-state index contributed by atoms with van der Waals surface area (Å²) in [6, 6.07) is 16.1. The third-order valence-corrected chi connectivity index (χ3v) is 5.86. The van der Waals surface area contributed by atoms with Crippen LogP contribution in [0.25, 0.3) is 22.2 Å². The lowest BCUT2D eigenvalue weighted by Gasteiger charge is -2.31. The number of hydrogen-bond acceptors (Lipinski definition) is 4. The Balaban J connectivity index is 1.18. The zero-order chi connectivity index (χ0) is 19.6. The van der Waals surface area contributed by atoms with Crippen molar-refractivity contribution in [3.63, 3.8) is 0 Å². The first-order valence-electron chi connectivity index (χ1n) is 10.2. The van der Waals surface area contributed by atoms with Gasteiger partial charge in [0.1, 0.15) is 11.2 Å². The Morgan fingerprint density at radius 3 is 2.76 bits per heavy atom. The van der Waals surface area contributed by atoms with Gasteiger partial charge < -0.3 is 14.1 Å². The first-order valence-corrected chi connectivity index (χ1v) is 10.2. The van der Waals surface area contributed by atoms with Crippen LogP contribution in [0.4, 0.5) is 0 Å². The molecule has 0 radical (unpaired) electrons. The Bertz CT molecular complexity index is 1150. The number of aromatic nitrogens is 3. The second-order valence-corrected chi connectivity index (χ2v) is 7.85. The maximum absolute atomic E-state index is 12.6. The number of benzene rings is 1. The monoisotopic (exact) mass is 388 g/mol. The van der Waals surface area contributed by atoms with Gasteiger partial charge in [-0.15, -0.1) is 0 Å². The van der Waals surface area contributed by atoms with E-state index in [-0.39, 0.29) is 5.56 Å². The highest BCUT2D eigenvalue weighted by Crippen LogP contribution is 2.23. The summed E-state index contributed by atoms with van der Waals surface area (Å²) in [5, 5.41) is 5.19. The fraction of sp³-hybridized carbons (Fsp3) is 0.304. The number of H-pyrrole nitrogens is 1. The molecule has 0 spiro atoms. The van der Waals surface area contributed by atoms with E-state index in [1.165, 1.54) is 0 Å². The summed E-state index contributed by atoms with van der Waals surface area (Å²) in [4.78, 5) is 18.1. The average Bonchev–Trinajstić information content (AvgIpc) is 3.42. The molecule has 1 saturated heterocycles. The van der Waals surface area contributed by atoms with Crippen LogP contribution < -0.4 is 5.56 Å². The largest absolute Gasteiger partial charge is 0.359 e. The predicted molar refractivity (Wildman–Crippen MR) is 112 cm³/mol. The third-order valence-electron chi connectivity index (χ3n) is 5.86. The van der Waals surface area contributed by atoms with E-state index >= 15 is 0 Å². The molecule has 0 bridgehead atoms. The summed E-state index contributed by atoms with van der Waals surface area (Å²) in [5.41, 5.74) is 2.73. The van der Waals surface area contributed by atoms with Gasteiger partial charge in [0, 0.05) is 36.0 Å². The number of piperidine rings is 1. The lowest BCUT2D eigenvalue weighted by molar-refractivity contribution is 0.153. The maximum Gasteiger partial charge on any atom is 0.274 e. The van der Waals surface area contributed by atoms with E-state index in [2.05, 4.69) is 15.0 Å². The Morgan fingerprint density at radius 2 is 1.93 bits per heavy atom. The van der Waals surface area contributed by atoms with E-state index in [9.17, 15) is 4.79 Å². The summed E-state index contributed by atoms with van der Waals surface area (Å²) in [5.74, 6) is 1.42. The number of aromatic amines is 1. The van der Waals surface area contributed by atoms with Crippen molar-refractivity contribution >= 4 is 10.9 Å². The first-order chi connectivity index (χ1) is 14.3. The first kappa shape index (κ1) is 17.9. The SMILES string of the molecule is O=c1c2[nH]ccc2ccn1CC1CCN(Cc2cc(-c3ccccc3)no2)CC1. The Kier molecular flexibility index (Phi) is 4.77. The van der Waals surface area contributed by atoms with Crippen LogP contribution in [0.15, 0.2) is 70.2 Å². The predicted octanol–water partition coefficient (Wildman–Crippen LogP) is 3.90. The summed E-state index contributed by atoms with van der Waals surface area (Å²) >= 11 is 0. The molecule has 0 amide bonds. The molecule has 0 atom stereocenters. The van der Waals surface area contributed by atoms with Crippen molar-refractivity contribution in [1.82, 2.24) is 19.6 Å². The van der Waals surface area contributed by atoms with Crippen LogP contribution in [0.1, 0.15) is 18.6 Å². The number of likely N-dealkylation sites (tertiary alicyclic amines) is 1. The minimum absolute atomic E-state index is 0.0741. The molecule has 4 aromatic rings. The number of nitrogens with zero attached hydrogens (tertiary/aromatic N) is 3. The molecule has 148 valence electrons. The smallest absolute Gasteiger partial charge is 0.274 e. The number of pyridine rings is 1. The molecule has 6 nitrogen and oxygen atoms in total. The second kappa shape index (κ2) is 7.72. The van der Waals surface area contributed by atoms with Gasteiger partial charge in [-0.3, -0.25) is 9.69 Å². The highest BCUT2D eigenvalue weighted by Gasteiger charge is 2.21. The topological polar surface area (TPSA) is 67.1 Å². The number of rotatable bonds is 5. The van der Waals surface area contributed by atoms with E-state index in [1.54, 1.807) is 0 Å². The van der Waals surface area contributed by atoms with Gasteiger partial charge in [-0.2, -0.15) is 0 Å². The molecule has 1 aliphatic heterocycles. The van der Waals surface area contributed by atoms with Gasteiger partial charge >= 0.3 is 0 Å². The van der Waals surface area contributed by atoms with Crippen molar-refractivity contribution in [2.75, 3.05) is 13.1 Å². The fourth-order valence-electron chi connectivity index (χ4n) is 4.19. The molecule has 1 fully saturated rings. The number of fused-ring (bicyclic) bond motifs is 1. The van der Waals surface area contributed by atoms with E-state index in [1.807, 2.05) is 65.5 Å². The summed E-state index contributed by atoms with van der Waals surface area (Å²) in [7, 11) is 0. The van der Waals surface area contributed by atoms with E-state index < -0.39 is 0 Å². The Hall–Kier alpha value is -3.12. The standard InChI is InChI=1S/C23H24N4O2/c28-23-22-19(6-10-24-22)9-13-27(23)15-17-7-11-26(12-8-17)16-20-14-21(25-29-20)18-4-2-1-3-5-18/h1-6,9-10,13-14,17,24H,7-8,11-12,15-16H2. The summed E-state index contributed by atoms with van der Waals surface area (Å²) < 4.78 is 7.40. The van der Waals surface area contributed by atoms with E-state index in [4.69, 9.17) is 4.52 Å². The van der Waals surface area contributed by atoms with Crippen molar-refractivity contribution in [1.29, 1.82) is 0 Å². The van der Waals surface area contributed by atoms with Gasteiger partial charge in [0.25, 0.3) is 5.56 Å². The maximum atomic E-state index is 12.6. The second-order valence-electron chi connectivity index (χ2n) is 7.85. The molecular formula is C23H24N4O2. The van der Waals surface area contributed by atoms with Crippen molar-refractivity contribution in [2.45, 2.75) is 25.9 Å². The Labute approximate surface area is 168 Å². The molecule has 0 saturated carbocycles. The lowest BCUT2D eigenvalue weighted by Crippen LogP contribution is -2.35. The van der Waals surface area contributed by atoms with Crippen LogP contribution in [-0.2, 0) is 13.1 Å². The highest BCUT2D eigenvalue weighted by molar-refractivity contribution is 5.77. The Morgan fingerprint density at radius 1 is 1.10 bits per heavy atom. The molecule has 6 heteroatoms. The molecule has 29 heavy (non-hydrogen) atoms. The van der Waals surface area contributed by atoms with Crippen molar-refractivity contribution in [3.05, 3.63) is 77.0 Å². The summed E-state index contributed by atoms with van der Waals surface area (Å²) in [6.45, 7) is 3.57. The normalized spacial score (nSPS) is 15.9. The van der Waals surface area contributed by atoms with Crippen LogP contribution in [0.5, 0.6) is 0 Å². The molecular weight excluding hydrogens is 364 g/mol. The van der Waals surface area contributed by atoms with E-state index in [0.29, 0.717) is 11.4 Å². The molecule has 0 aliphatic carbocycles. The highest BCUT2D eigenvalue weighted by atomic mass is 16.5. The van der Waals surface area contributed by atoms with Crippen molar-refractivity contribution < 1.29 is 4.52 Å². The van der Waals surface area contributed by atoms with Crippen LogP contribution >= 0.6 is 0 Å². The van der Waals surface area contributed by atoms with Crippen LogP contribution in [0, 0.1) is 5.92 Å². The minimum atomic E-state index is 0.0741. The average molecular weight is 388 g/mol. The van der Waals surface area contributed by atoms with Crippen molar-refractivity contribution in [2.24, 2.45) is 5.92 Å². The van der Waals surface area contributed by atoms with Gasteiger partial charge in [-0.1, -0.05) is 35.5 Å². The number of hydrogen-bond donors (Lipinski definition) is 1. The van der Waals surface area contributed by atoms with Crippen LogP contribution in [-0.4, -0.2) is 32.7 Å². The fourth-order valence-corrected chi connectivity index (χ4v) is 4.19. The zero-order valence-corrected chi connectivity index (χ0v) is 16.3.